The predicted octanol–water partition coefficient (Wildman–Crippen LogP) is 2.80. The molecule has 0 aliphatic rings. The number of carbonyl (C=O) groups excluding carboxylic acids is 1. The van der Waals surface area contributed by atoms with Gasteiger partial charge in [0, 0.05) is 0 Å². The van der Waals surface area contributed by atoms with Gasteiger partial charge in [-0.05, 0) is 31.0 Å². The van der Waals surface area contributed by atoms with Crippen LogP contribution in [0.1, 0.15) is 37.5 Å². The molecule has 2 unspecified atom stereocenters. The van der Waals surface area contributed by atoms with Crippen LogP contribution in [-0.2, 0) is 10.4 Å². The van der Waals surface area contributed by atoms with Crippen molar-refractivity contribution in [2.75, 3.05) is 6.54 Å². The Morgan fingerprint density at radius 1 is 1.29 bits per heavy atom. The predicted molar refractivity (Wildman–Crippen MR) is 80.8 cm³/mol. The van der Waals surface area contributed by atoms with Crippen molar-refractivity contribution in [3.8, 4) is 0 Å². The summed E-state index contributed by atoms with van der Waals surface area (Å²) in [5, 5.41) is 13.2. The number of benzene rings is 1. The van der Waals surface area contributed by atoms with Crippen LogP contribution >= 0.6 is 0 Å². The summed E-state index contributed by atoms with van der Waals surface area (Å²) in [5.41, 5.74) is -0.233. The van der Waals surface area contributed by atoms with Gasteiger partial charge in [0.1, 0.15) is 11.4 Å². The Balaban J connectivity index is 2.01. The Labute approximate surface area is 124 Å². The lowest BCUT2D eigenvalue weighted by Gasteiger charge is -2.23. The van der Waals surface area contributed by atoms with E-state index < -0.39 is 5.60 Å². The Morgan fingerprint density at radius 2 is 2.00 bits per heavy atom. The summed E-state index contributed by atoms with van der Waals surface area (Å²) < 4.78 is 5.20. The Morgan fingerprint density at radius 3 is 2.57 bits per heavy atom. The van der Waals surface area contributed by atoms with Crippen LogP contribution in [0, 0.1) is 0 Å². The van der Waals surface area contributed by atoms with E-state index in [4.69, 9.17) is 4.42 Å². The molecule has 0 spiro atoms. The summed E-state index contributed by atoms with van der Waals surface area (Å²) in [6.45, 7) is 3.71. The van der Waals surface area contributed by atoms with Crippen molar-refractivity contribution in [1.82, 2.24) is 5.32 Å². The SMILES string of the molecule is CCC(C(=O)NCC(C)(O)c1ccco1)c1ccccc1. The molecule has 0 bridgehead atoms. The summed E-state index contributed by atoms with van der Waals surface area (Å²) in [7, 11) is 0. The second-order valence-corrected chi connectivity index (χ2v) is 5.34. The van der Waals surface area contributed by atoms with Crippen LogP contribution in [0.5, 0.6) is 0 Å². The van der Waals surface area contributed by atoms with Crippen molar-refractivity contribution >= 4 is 5.91 Å². The maximum absolute atomic E-state index is 12.3. The number of furan rings is 1. The molecule has 0 radical (unpaired) electrons. The third kappa shape index (κ3) is 3.73. The van der Waals surface area contributed by atoms with E-state index >= 15 is 0 Å². The van der Waals surface area contributed by atoms with E-state index in [0.717, 1.165) is 5.56 Å². The molecule has 21 heavy (non-hydrogen) atoms. The summed E-state index contributed by atoms with van der Waals surface area (Å²) in [5.74, 6) is 0.143. The molecule has 2 atom stereocenters. The third-order valence-corrected chi connectivity index (χ3v) is 3.59. The Bertz CT molecular complexity index is 561. The molecule has 1 heterocycles. The molecule has 0 saturated carbocycles. The molecule has 1 amide bonds. The van der Waals surface area contributed by atoms with Gasteiger partial charge in [0.15, 0.2) is 0 Å². The topological polar surface area (TPSA) is 62.5 Å². The average molecular weight is 287 g/mol. The smallest absolute Gasteiger partial charge is 0.227 e. The van der Waals surface area contributed by atoms with E-state index in [1.165, 1.54) is 6.26 Å². The molecule has 1 aromatic heterocycles. The summed E-state index contributed by atoms with van der Waals surface area (Å²) in [6.07, 6.45) is 2.21. The van der Waals surface area contributed by atoms with Crippen LogP contribution in [0.4, 0.5) is 0 Å². The zero-order chi connectivity index (χ0) is 15.3. The highest BCUT2D eigenvalue weighted by atomic mass is 16.4. The minimum absolute atomic E-state index is 0.0875. The van der Waals surface area contributed by atoms with Crippen molar-refractivity contribution < 1.29 is 14.3 Å². The zero-order valence-electron chi connectivity index (χ0n) is 12.4. The molecule has 1 aromatic carbocycles. The van der Waals surface area contributed by atoms with Crippen LogP contribution in [0.3, 0.4) is 0 Å². The van der Waals surface area contributed by atoms with E-state index in [9.17, 15) is 9.90 Å². The quantitative estimate of drug-likeness (QED) is 0.858. The van der Waals surface area contributed by atoms with Crippen LogP contribution in [0.2, 0.25) is 0 Å². The summed E-state index contributed by atoms with van der Waals surface area (Å²) >= 11 is 0. The first-order valence-corrected chi connectivity index (χ1v) is 7.13. The lowest BCUT2D eigenvalue weighted by Crippen LogP contribution is -2.40. The van der Waals surface area contributed by atoms with Gasteiger partial charge in [0.25, 0.3) is 0 Å². The molecule has 4 heteroatoms. The summed E-state index contributed by atoms with van der Waals surface area (Å²) in [6, 6.07) is 13.1. The summed E-state index contributed by atoms with van der Waals surface area (Å²) in [4.78, 5) is 12.3. The fraction of sp³-hybridized carbons (Fsp3) is 0.353. The number of amides is 1. The maximum Gasteiger partial charge on any atom is 0.227 e. The normalized spacial score (nSPS) is 15.2. The molecule has 0 aliphatic heterocycles. The largest absolute Gasteiger partial charge is 0.466 e. The van der Waals surface area contributed by atoms with E-state index in [1.807, 2.05) is 37.3 Å². The van der Waals surface area contributed by atoms with E-state index in [0.29, 0.717) is 12.2 Å². The van der Waals surface area contributed by atoms with Gasteiger partial charge in [0.05, 0.1) is 18.7 Å². The molecule has 4 nitrogen and oxygen atoms in total. The van der Waals surface area contributed by atoms with Gasteiger partial charge < -0.3 is 14.8 Å². The Kier molecular flexibility index (Phi) is 4.81. The first-order valence-electron chi connectivity index (χ1n) is 7.13. The number of hydrogen-bond acceptors (Lipinski definition) is 3. The monoisotopic (exact) mass is 287 g/mol. The van der Waals surface area contributed by atoms with Gasteiger partial charge in [-0.1, -0.05) is 37.3 Å². The lowest BCUT2D eigenvalue weighted by atomic mass is 9.95. The minimum Gasteiger partial charge on any atom is -0.466 e. The first kappa shape index (κ1) is 15.3. The van der Waals surface area contributed by atoms with E-state index in [2.05, 4.69) is 5.32 Å². The maximum atomic E-state index is 12.3. The highest BCUT2D eigenvalue weighted by Gasteiger charge is 2.28. The third-order valence-electron chi connectivity index (χ3n) is 3.59. The molecule has 2 N–H and O–H groups in total. The van der Waals surface area contributed by atoms with E-state index in [-0.39, 0.29) is 18.4 Å². The van der Waals surface area contributed by atoms with E-state index in [1.54, 1.807) is 19.1 Å². The zero-order valence-corrected chi connectivity index (χ0v) is 12.4. The van der Waals surface area contributed by atoms with Crippen LogP contribution in [-0.4, -0.2) is 17.6 Å². The number of hydrogen-bond donors (Lipinski definition) is 2. The Hall–Kier alpha value is -2.07. The van der Waals surface area contributed by atoms with Gasteiger partial charge in [-0.15, -0.1) is 0 Å². The van der Waals surface area contributed by atoms with Gasteiger partial charge in [0.2, 0.25) is 5.91 Å². The van der Waals surface area contributed by atoms with Gasteiger partial charge >= 0.3 is 0 Å². The van der Waals surface area contributed by atoms with Crippen molar-refractivity contribution in [3.05, 3.63) is 60.1 Å². The first-order chi connectivity index (χ1) is 10.0. The molecule has 2 aromatic rings. The molecule has 0 fully saturated rings. The number of aliphatic hydroxyl groups is 1. The van der Waals surface area contributed by atoms with Crippen molar-refractivity contribution in [3.63, 3.8) is 0 Å². The van der Waals surface area contributed by atoms with Gasteiger partial charge in [-0.25, -0.2) is 0 Å². The second kappa shape index (κ2) is 6.59. The van der Waals surface area contributed by atoms with Crippen molar-refractivity contribution in [2.45, 2.75) is 31.8 Å². The fourth-order valence-corrected chi connectivity index (χ4v) is 2.31. The van der Waals surface area contributed by atoms with Crippen LogP contribution in [0.25, 0.3) is 0 Å². The van der Waals surface area contributed by atoms with Crippen molar-refractivity contribution in [1.29, 1.82) is 0 Å². The van der Waals surface area contributed by atoms with Crippen LogP contribution < -0.4 is 5.32 Å². The molecular formula is C17H21NO3. The van der Waals surface area contributed by atoms with Gasteiger partial charge in [-0.3, -0.25) is 4.79 Å². The standard InChI is InChI=1S/C17H21NO3/c1-3-14(13-8-5-4-6-9-13)16(19)18-12-17(2,20)15-10-7-11-21-15/h4-11,14,20H,3,12H2,1-2H3,(H,18,19). The molecular weight excluding hydrogens is 266 g/mol. The highest BCUT2D eigenvalue weighted by Crippen LogP contribution is 2.22. The number of carbonyl (C=O) groups is 1. The number of nitrogens with one attached hydrogen (secondary N) is 1. The van der Waals surface area contributed by atoms with Crippen molar-refractivity contribution in [2.24, 2.45) is 0 Å². The highest BCUT2D eigenvalue weighted by molar-refractivity contribution is 5.83. The number of rotatable bonds is 6. The molecule has 2 rings (SSSR count). The average Bonchev–Trinajstić information content (AvgIpc) is 3.02. The molecule has 112 valence electrons. The minimum atomic E-state index is -1.21. The van der Waals surface area contributed by atoms with Gasteiger partial charge in [-0.2, -0.15) is 0 Å². The van der Waals surface area contributed by atoms with Crippen LogP contribution in [0.15, 0.2) is 53.1 Å². The molecule has 0 saturated heterocycles. The second-order valence-electron chi connectivity index (χ2n) is 5.34. The molecule has 0 aliphatic carbocycles. The fourth-order valence-electron chi connectivity index (χ4n) is 2.31. The lowest BCUT2D eigenvalue weighted by molar-refractivity contribution is -0.124.